The molecule has 3 rings (SSSR count). The first-order chi connectivity index (χ1) is 7.74. The minimum Gasteiger partial charge on any atom is -0.486 e. The van der Waals surface area contributed by atoms with Gasteiger partial charge >= 0.3 is 0 Å². The molecule has 0 amide bonds. The van der Waals surface area contributed by atoms with Gasteiger partial charge in [-0.25, -0.2) is 4.98 Å². The third kappa shape index (κ3) is 1.53. The van der Waals surface area contributed by atoms with Crippen LogP contribution in [0, 0.1) is 6.92 Å². The summed E-state index contributed by atoms with van der Waals surface area (Å²) in [7, 11) is 0. The molecule has 1 aliphatic rings. The Balaban J connectivity index is 2.27. The summed E-state index contributed by atoms with van der Waals surface area (Å²) in [4.78, 5) is 4.46. The molecule has 1 aliphatic heterocycles. The third-order valence-electron chi connectivity index (χ3n) is 2.61. The van der Waals surface area contributed by atoms with Gasteiger partial charge in [0.1, 0.15) is 17.8 Å². The zero-order valence-corrected chi connectivity index (χ0v) is 10.4. The number of halogens is 1. The van der Waals surface area contributed by atoms with E-state index in [4.69, 9.17) is 9.47 Å². The summed E-state index contributed by atoms with van der Waals surface area (Å²) in [5.41, 5.74) is 2.03. The Hall–Kier alpha value is -1.29. The van der Waals surface area contributed by atoms with Gasteiger partial charge in [0.05, 0.1) is 5.52 Å². The van der Waals surface area contributed by atoms with Gasteiger partial charge < -0.3 is 9.47 Å². The summed E-state index contributed by atoms with van der Waals surface area (Å²) >= 11 is 3.43. The van der Waals surface area contributed by atoms with Crippen molar-refractivity contribution in [3.8, 4) is 11.5 Å². The molecule has 0 saturated heterocycles. The molecule has 2 heterocycles. The molecule has 0 fully saturated rings. The van der Waals surface area contributed by atoms with Crippen molar-refractivity contribution >= 4 is 26.8 Å². The predicted octanol–water partition coefficient (Wildman–Crippen LogP) is 3.08. The molecule has 82 valence electrons. The molecule has 0 spiro atoms. The van der Waals surface area contributed by atoms with Crippen molar-refractivity contribution in [1.82, 2.24) is 4.98 Å². The first-order valence-corrected chi connectivity index (χ1v) is 5.90. The number of rotatable bonds is 0. The number of fused-ring (bicyclic) bond motifs is 2. The lowest BCUT2D eigenvalue weighted by atomic mass is 10.1. The van der Waals surface area contributed by atoms with Gasteiger partial charge in [-0.1, -0.05) is 0 Å². The molecule has 3 nitrogen and oxygen atoms in total. The molecule has 0 N–H and O–H groups in total. The van der Waals surface area contributed by atoms with Crippen LogP contribution in [0.1, 0.15) is 5.56 Å². The quantitative estimate of drug-likeness (QED) is 0.695. The van der Waals surface area contributed by atoms with E-state index in [-0.39, 0.29) is 0 Å². The highest BCUT2D eigenvalue weighted by atomic mass is 79.9. The van der Waals surface area contributed by atoms with Crippen LogP contribution in [0.4, 0.5) is 0 Å². The van der Waals surface area contributed by atoms with Crippen molar-refractivity contribution in [3.05, 3.63) is 28.4 Å². The number of aryl methyl sites for hydroxylation is 1. The Morgan fingerprint density at radius 2 is 1.81 bits per heavy atom. The van der Waals surface area contributed by atoms with Crippen LogP contribution in [-0.2, 0) is 0 Å². The molecular weight excluding hydrogens is 270 g/mol. The number of ether oxygens (including phenoxy) is 2. The van der Waals surface area contributed by atoms with Crippen LogP contribution in [0.2, 0.25) is 0 Å². The monoisotopic (exact) mass is 279 g/mol. The normalized spacial score (nSPS) is 14.1. The minimum absolute atomic E-state index is 0.603. The minimum atomic E-state index is 0.603. The second kappa shape index (κ2) is 3.63. The van der Waals surface area contributed by atoms with Gasteiger partial charge in [0, 0.05) is 11.5 Å². The standard InChI is InChI=1S/C12H10BrNO2/c1-7-4-8-5-10-11(16-3-2-15-10)6-9(8)14-12(7)13/h4-6H,2-3H2,1H3. The SMILES string of the molecule is Cc1cc2cc3c(cc2nc1Br)OCCO3. The maximum absolute atomic E-state index is 5.54. The molecule has 0 aliphatic carbocycles. The largest absolute Gasteiger partial charge is 0.486 e. The van der Waals surface area contributed by atoms with Crippen LogP contribution in [0.3, 0.4) is 0 Å². The average molecular weight is 280 g/mol. The van der Waals surface area contributed by atoms with Crippen molar-refractivity contribution in [1.29, 1.82) is 0 Å². The fourth-order valence-corrected chi connectivity index (χ4v) is 2.10. The van der Waals surface area contributed by atoms with E-state index in [0.717, 1.165) is 32.6 Å². The Morgan fingerprint density at radius 3 is 2.56 bits per heavy atom. The molecule has 0 unspecified atom stereocenters. The van der Waals surface area contributed by atoms with Crippen LogP contribution in [0.25, 0.3) is 10.9 Å². The number of pyridine rings is 1. The molecule has 1 aromatic carbocycles. The smallest absolute Gasteiger partial charge is 0.163 e. The lowest BCUT2D eigenvalue weighted by Crippen LogP contribution is -2.15. The third-order valence-corrected chi connectivity index (χ3v) is 3.41. The maximum atomic E-state index is 5.54. The fraction of sp³-hybridized carbons (Fsp3) is 0.250. The van der Waals surface area contributed by atoms with Crippen LogP contribution in [0.5, 0.6) is 11.5 Å². The van der Waals surface area contributed by atoms with Crippen LogP contribution < -0.4 is 9.47 Å². The zero-order valence-electron chi connectivity index (χ0n) is 8.79. The molecule has 0 radical (unpaired) electrons. The maximum Gasteiger partial charge on any atom is 0.163 e. The molecule has 1 aromatic heterocycles. The van der Waals surface area contributed by atoms with E-state index < -0.39 is 0 Å². The first kappa shape index (κ1) is 9.90. The molecule has 16 heavy (non-hydrogen) atoms. The van der Waals surface area contributed by atoms with E-state index >= 15 is 0 Å². The Kier molecular flexibility index (Phi) is 2.24. The highest BCUT2D eigenvalue weighted by molar-refractivity contribution is 9.10. The van der Waals surface area contributed by atoms with E-state index in [0.29, 0.717) is 13.2 Å². The Labute approximate surface area is 102 Å². The average Bonchev–Trinajstić information content (AvgIpc) is 2.28. The molecule has 2 aromatic rings. The number of hydrogen-bond acceptors (Lipinski definition) is 3. The van der Waals surface area contributed by atoms with Crippen molar-refractivity contribution in [2.24, 2.45) is 0 Å². The number of nitrogens with zero attached hydrogens (tertiary/aromatic N) is 1. The van der Waals surface area contributed by atoms with Crippen LogP contribution in [-0.4, -0.2) is 18.2 Å². The summed E-state index contributed by atoms with van der Waals surface area (Å²) in [5, 5.41) is 1.07. The Bertz CT molecular complexity index is 518. The second-order valence-electron chi connectivity index (χ2n) is 3.78. The predicted molar refractivity (Wildman–Crippen MR) is 65.2 cm³/mol. The van der Waals surface area contributed by atoms with Gasteiger partial charge in [-0.2, -0.15) is 0 Å². The first-order valence-electron chi connectivity index (χ1n) is 5.10. The van der Waals surface area contributed by atoms with Gasteiger partial charge in [0.25, 0.3) is 0 Å². The van der Waals surface area contributed by atoms with Gasteiger partial charge in [-0.15, -0.1) is 0 Å². The summed E-state index contributed by atoms with van der Waals surface area (Å²) in [6.45, 7) is 3.24. The summed E-state index contributed by atoms with van der Waals surface area (Å²) in [6.07, 6.45) is 0. The van der Waals surface area contributed by atoms with E-state index in [2.05, 4.69) is 27.0 Å². The van der Waals surface area contributed by atoms with E-state index in [1.807, 2.05) is 19.1 Å². The molecule has 0 bridgehead atoms. The van der Waals surface area contributed by atoms with E-state index in [9.17, 15) is 0 Å². The van der Waals surface area contributed by atoms with E-state index in [1.165, 1.54) is 0 Å². The van der Waals surface area contributed by atoms with Crippen LogP contribution >= 0.6 is 15.9 Å². The van der Waals surface area contributed by atoms with E-state index in [1.54, 1.807) is 0 Å². The summed E-state index contributed by atoms with van der Waals surface area (Å²) < 4.78 is 11.9. The highest BCUT2D eigenvalue weighted by Gasteiger charge is 2.13. The molecule has 4 heteroatoms. The molecular formula is C12H10BrNO2. The number of benzene rings is 1. The fourth-order valence-electron chi connectivity index (χ4n) is 1.79. The number of aromatic nitrogens is 1. The van der Waals surface area contributed by atoms with Crippen molar-refractivity contribution in [2.45, 2.75) is 6.92 Å². The van der Waals surface area contributed by atoms with Crippen molar-refractivity contribution < 1.29 is 9.47 Å². The number of hydrogen-bond donors (Lipinski definition) is 0. The van der Waals surface area contributed by atoms with Gasteiger partial charge in [0.2, 0.25) is 0 Å². The second-order valence-corrected chi connectivity index (χ2v) is 4.54. The van der Waals surface area contributed by atoms with Gasteiger partial charge in [0.15, 0.2) is 11.5 Å². The molecule has 0 saturated carbocycles. The highest BCUT2D eigenvalue weighted by Crippen LogP contribution is 2.34. The zero-order chi connectivity index (χ0) is 11.1. The summed E-state index contributed by atoms with van der Waals surface area (Å²) in [5.74, 6) is 1.59. The topological polar surface area (TPSA) is 31.4 Å². The lowest BCUT2D eigenvalue weighted by Gasteiger charge is -2.18. The summed E-state index contributed by atoms with van der Waals surface area (Å²) in [6, 6.07) is 5.99. The van der Waals surface area contributed by atoms with Gasteiger partial charge in [-0.3, -0.25) is 0 Å². The lowest BCUT2D eigenvalue weighted by molar-refractivity contribution is 0.172. The van der Waals surface area contributed by atoms with Gasteiger partial charge in [-0.05, 0) is 40.5 Å². The Morgan fingerprint density at radius 1 is 1.12 bits per heavy atom. The molecule has 0 atom stereocenters. The van der Waals surface area contributed by atoms with Crippen molar-refractivity contribution in [2.75, 3.05) is 13.2 Å². The van der Waals surface area contributed by atoms with Crippen molar-refractivity contribution in [3.63, 3.8) is 0 Å². The van der Waals surface area contributed by atoms with Crippen LogP contribution in [0.15, 0.2) is 22.8 Å².